The molecule has 0 radical (unpaired) electrons. The van der Waals surface area contributed by atoms with Crippen molar-refractivity contribution >= 4 is 29.1 Å². The minimum Gasteiger partial charge on any atom is -0.353 e. The molecule has 22 heavy (non-hydrogen) atoms. The Bertz CT molecular complexity index is 493. The van der Waals surface area contributed by atoms with Crippen molar-refractivity contribution in [1.82, 2.24) is 10.2 Å². The average Bonchev–Trinajstić information content (AvgIpc) is 2.51. The fourth-order valence-corrected chi connectivity index (χ4v) is 3.24. The highest BCUT2D eigenvalue weighted by atomic mass is 35.5. The Morgan fingerprint density at radius 3 is 2.45 bits per heavy atom. The van der Waals surface area contributed by atoms with Crippen molar-refractivity contribution in [3.8, 4) is 0 Å². The number of nitrogens with one attached hydrogen (secondary N) is 1. The van der Waals surface area contributed by atoms with E-state index in [0.717, 1.165) is 44.5 Å². The van der Waals surface area contributed by atoms with Crippen molar-refractivity contribution in [2.45, 2.75) is 45.7 Å². The Balaban J connectivity index is 1.86. The highest BCUT2D eigenvalue weighted by Gasteiger charge is 2.26. The zero-order valence-corrected chi connectivity index (χ0v) is 14.8. The molecular formula is C17H24Cl2N2O. The minimum atomic E-state index is 0.131. The Morgan fingerprint density at radius 2 is 1.91 bits per heavy atom. The molecule has 1 aromatic carbocycles. The van der Waals surface area contributed by atoms with Gasteiger partial charge >= 0.3 is 0 Å². The van der Waals surface area contributed by atoms with Gasteiger partial charge in [0, 0.05) is 34.1 Å². The summed E-state index contributed by atoms with van der Waals surface area (Å²) < 4.78 is 0. The summed E-state index contributed by atoms with van der Waals surface area (Å²) in [4.78, 5) is 14.5. The number of carbonyl (C=O) groups is 1. The molecule has 1 unspecified atom stereocenters. The van der Waals surface area contributed by atoms with E-state index in [1.807, 2.05) is 25.1 Å². The predicted molar refractivity (Wildman–Crippen MR) is 92.4 cm³/mol. The maximum atomic E-state index is 12.2. The van der Waals surface area contributed by atoms with Gasteiger partial charge in [-0.25, -0.2) is 0 Å². The van der Waals surface area contributed by atoms with Gasteiger partial charge in [-0.1, -0.05) is 36.2 Å². The molecule has 1 saturated heterocycles. The first-order valence-corrected chi connectivity index (χ1v) is 8.72. The van der Waals surface area contributed by atoms with E-state index in [1.165, 1.54) is 0 Å². The highest BCUT2D eigenvalue weighted by Crippen LogP contribution is 2.27. The van der Waals surface area contributed by atoms with Gasteiger partial charge in [-0.3, -0.25) is 9.69 Å². The molecular weight excluding hydrogens is 319 g/mol. The van der Waals surface area contributed by atoms with Gasteiger partial charge in [0.15, 0.2) is 0 Å². The van der Waals surface area contributed by atoms with E-state index in [2.05, 4.69) is 17.1 Å². The summed E-state index contributed by atoms with van der Waals surface area (Å²) in [5.74, 6) is 0.330. The summed E-state index contributed by atoms with van der Waals surface area (Å²) in [7, 11) is 0. The van der Waals surface area contributed by atoms with Gasteiger partial charge in [-0.05, 0) is 51.4 Å². The minimum absolute atomic E-state index is 0.131. The van der Waals surface area contributed by atoms with Gasteiger partial charge in [-0.15, -0.1) is 0 Å². The average molecular weight is 343 g/mol. The Kier molecular flexibility index (Phi) is 6.54. The van der Waals surface area contributed by atoms with Crippen LogP contribution < -0.4 is 5.32 Å². The maximum absolute atomic E-state index is 12.2. The van der Waals surface area contributed by atoms with Gasteiger partial charge in [0.1, 0.15) is 0 Å². The maximum Gasteiger partial charge on any atom is 0.223 e. The topological polar surface area (TPSA) is 32.3 Å². The molecule has 1 amide bonds. The molecule has 1 aromatic rings. The molecule has 1 atom stereocenters. The monoisotopic (exact) mass is 342 g/mol. The molecule has 0 spiro atoms. The lowest BCUT2D eigenvalue weighted by atomic mass is 9.95. The van der Waals surface area contributed by atoms with Crippen LogP contribution >= 0.6 is 23.2 Å². The number of halogens is 2. The summed E-state index contributed by atoms with van der Waals surface area (Å²) in [5, 5.41) is 4.51. The lowest BCUT2D eigenvalue weighted by Crippen LogP contribution is -2.42. The predicted octanol–water partition coefficient (Wildman–Crippen LogP) is 4.12. The van der Waals surface area contributed by atoms with Crippen LogP contribution in [-0.2, 0) is 11.3 Å². The van der Waals surface area contributed by atoms with Crippen LogP contribution in [0.5, 0.6) is 0 Å². The number of rotatable bonds is 5. The van der Waals surface area contributed by atoms with E-state index >= 15 is 0 Å². The zero-order chi connectivity index (χ0) is 16.1. The molecule has 122 valence electrons. The molecule has 0 aliphatic carbocycles. The molecule has 1 aliphatic heterocycles. The number of nitrogens with zero attached hydrogens (tertiary/aromatic N) is 1. The SMILES string of the molecule is CCC(C)NC(=O)C1CCN(Cc2c(Cl)cccc2Cl)CC1. The van der Waals surface area contributed by atoms with Crippen molar-refractivity contribution in [2.24, 2.45) is 5.92 Å². The molecule has 1 N–H and O–H groups in total. The second-order valence-corrected chi connectivity index (χ2v) is 6.88. The van der Waals surface area contributed by atoms with Gasteiger partial charge in [0.05, 0.1) is 0 Å². The number of carbonyl (C=O) groups excluding carboxylic acids is 1. The molecule has 1 aliphatic rings. The van der Waals surface area contributed by atoms with E-state index < -0.39 is 0 Å². The standard InChI is InChI=1S/C17H24Cl2N2O/c1-3-12(2)20-17(22)13-7-9-21(10-8-13)11-14-15(18)5-4-6-16(14)19/h4-6,12-13H,3,7-11H2,1-2H3,(H,20,22). The third-order valence-corrected chi connectivity index (χ3v) is 5.11. The zero-order valence-electron chi connectivity index (χ0n) is 13.2. The van der Waals surface area contributed by atoms with Gasteiger partial charge in [-0.2, -0.15) is 0 Å². The van der Waals surface area contributed by atoms with Crippen LogP contribution in [0, 0.1) is 5.92 Å². The number of hydrogen-bond acceptors (Lipinski definition) is 2. The van der Waals surface area contributed by atoms with Crippen molar-refractivity contribution in [1.29, 1.82) is 0 Å². The number of benzene rings is 1. The van der Waals surface area contributed by atoms with E-state index in [4.69, 9.17) is 23.2 Å². The van der Waals surface area contributed by atoms with Crippen molar-refractivity contribution in [3.63, 3.8) is 0 Å². The van der Waals surface area contributed by atoms with Crippen LogP contribution in [0.2, 0.25) is 10.0 Å². The third kappa shape index (κ3) is 4.61. The lowest BCUT2D eigenvalue weighted by Gasteiger charge is -2.32. The molecule has 3 nitrogen and oxygen atoms in total. The molecule has 5 heteroatoms. The van der Waals surface area contributed by atoms with Crippen LogP contribution in [0.1, 0.15) is 38.7 Å². The largest absolute Gasteiger partial charge is 0.353 e. The summed E-state index contributed by atoms with van der Waals surface area (Å²) in [6, 6.07) is 5.86. The lowest BCUT2D eigenvalue weighted by molar-refractivity contribution is -0.127. The normalized spacial score (nSPS) is 18.2. The van der Waals surface area contributed by atoms with Crippen LogP contribution in [0.15, 0.2) is 18.2 Å². The second-order valence-electron chi connectivity index (χ2n) is 6.07. The summed E-state index contributed by atoms with van der Waals surface area (Å²) in [5.41, 5.74) is 0.980. The van der Waals surface area contributed by atoms with Crippen molar-refractivity contribution in [3.05, 3.63) is 33.8 Å². The third-order valence-electron chi connectivity index (χ3n) is 4.40. The van der Waals surface area contributed by atoms with Crippen molar-refractivity contribution < 1.29 is 4.79 Å². The summed E-state index contributed by atoms with van der Waals surface area (Å²) >= 11 is 12.5. The number of likely N-dealkylation sites (tertiary alicyclic amines) is 1. The molecule has 1 heterocycles. The molecule has 0 saturated carbocycles. The smallest absolute Gasteiger partial charge is 0.223 e. The first-order chi connectivity index (χ1) is 10.5. The highest BCUT2D eigenvalue weighted by molar-refractivity contribution is 6.35. The van der Waals surface area contributed by atoms with E-state index in [1.54, 1.807) is 0 Å². The van der Waals surface area contributed by atoms with Crippen LogP contribution in [0.25, 0.3) is 0 Å². The van der Waals surface area contributed by atoms with E-state index in [0.29, 0.717) is 10.0 Å². The van der Waals surface area contributed by atoms with Gasteiger partial charge in [0.2, 0.25) is 5.91 Å². The van der Waals surface area contributed by atoms with Crippen LogP contribution in [0.4, 0.5) is 0 Å². The number of amides is 1. The quantitative estimate of drug-likeness (QED) is 0.872. The fraction of sp³-hybridized carbons (Fsp3) is 0.588. The van der Waals surface area contributed by atoms with E-state index in [-0.39, 0.29) is 17.9 Å². The van der Waals surface area contributed by atoms with Gasteiger partial charge in [0.25, 0.3) is 0 Å². The summed E-state index contributed by atoms with van der Waals surface area (Å²) in [6.07, 6.45) is 2.75. The summed E-state index contributed by atoms with van der Waals surface area (Å²) in [6.45, 7) is 6.69. The molecule has 1 fully saturated rings. The van der Waals surface area contributed by atoms with E-state index in [9.17, 15) is 4.79 Å². The Morgan fingerprint density at radius 1 is 1.32 bits per heavy atom. The molecule has 0 bridgehead atoms. The van der Waals surface area contributed by atoms with Crippen molar-refractivity contribution in [2.75, 3.05) is 13.1 Å². The van der Waals surface area contributed by atoms with Crippen LogP contribution in [-0.4, -0.2) is 29.9 Å². The first-order valence-electron chi connectivity index (χ1n) is 7.96. The second kappa shape index (κ2) is 8.19. The Hall–Kier alpha value is -0.770. The van der Waals surface area contributed by atoms with Gasteiger partial charge < -0.3 is 5.32 Å². The first kappa shape index (κ1) is 17.6. The molecule has 2 rings (SSSR count). The molecule has 0 aromatic heterocycles. The van der Waals surface area contributed by atoms with Crippen LogP contribution in [0.3, 0.4) is 0 Å². The number of hydrogen-bond donors (Lipinski definition) is 1. The number of piperidine rings is 1. The Labute approximate surface area is 143 Å². The fourth-order valence-electron chi connectivity index (χ4n) is 2.72.